The number of sulfone groups is 1. The van der Waals surface area contributed by atoms with Crippen molar-refractivity contribution in [2.75, 3.05) is 12.4 Å². The van der Waals surface area contributed by atoms with Crippen molar-refractivity contribution in [2.24, 2.45) is 0 Å². The lowest BCUT2D eigenvalue weighted by Gasteiger charge is -2.41. The molecule has 0 amide bonds. The molecule has 4 unspecified atom stereocenters. The third-order valence-electron chi connectivity index (χ3n) is 5.58. The molecule has 4 atom stereocenters. The van der Waals surface area contributed by atoms with Crippen LogP contribution in [0.25, 0.3) is 0 Å². The van der Waals surface area contributed by atoms with Crippen LogP contribution in [0.4, 0.5) is 0 Å². The zero-order valence-electron chi connectivity index (χ0n) is 15.8. The van der Waals surface area contributed by atoms with Gasteiger partial charge in [-0.1, -0.05) is 24.8 Å². The molecule has 2 aliphatic rings. The standard InChI is InChI=1S/C21H28O5S/c1-3-16(2)13-17-9-10-20-21(15-22,26-17)14-18(25-20)11-12-27(23,24)19-7-5-4-6-8-19/h4-8,17-18,20,22H,1,9-15H2,2H3. The van der Waals surface area contributed by atoms with Gasteiger partial charge in [-0.05, 0) is 43.9 Å². The van der Waals surface area contributed by atoms with Crippen molar-refractivity contribution in [3.05, 3.63) is 48.2 Å². The Morgan fingerprint density at radius 1 is 1.30 bits per heavy atom. The van der Waals surface area contributed by atoms with Gasteiger partial charge in [-0.15, -0.1) is 5.73 Å². The number of ether oxygens (including phenoxy) is 2. The number of fused-ring (bicyclic) bond motifs is 1. The fraction of sp³-hybridized carbons (Fsp3) is 0.571. The Labute approximate surface area is 161 Å². The van der Waals surface area contributed by atoms with Crippen LogP contribution in [-0.2, 0) is 19.3 Å². The first-order valence-electron chi connectivity index (χ1n) is 9.46. The zero-order valence-corrected chi connectivity index (χ0v) is 16.6. The molecule has 3 rings (SSSR count). The monoisotopic (exact) mass is 392 g/mol. The molecule has 1 aromatic carbocycles. The number of aliphatic hydroxyl groups excluding tert-OH is 1. The molecule has 2 saturated heterocycles. The summed E-state index contributed by atoms with van der Waals surface area (Å²) in [5.74, 6) is 0.0254. The van der Waals surface area contributed by atoms with Crippen LogP contribution < -0.4 is 0 Å². The van der Waals surface area contributed by atoms with Crippen molar-refractivity contribution < 1.29 is 23.0 Å². The zero-order chi connectivity index (χ0) is 19.5. The number of rotatable bonds is 7. The smallest absolute Gasteiger partial charge is 0.178 e. The number of aliphatic hydroxyl groups is 1. The molecule has 2 heterocycles. The highest BCUT2D eigenvalue weighted by Crippen LogP contribution is 2.43. The van der Waals surface area contributed by atoms with E-state index >= 15 is 0 Å². The molecule has 0 aromatic heterocycles. The number of hydrogen-bond acceptors (Lipinski definition) is 5. The van der Waals surface area contributed by atoms with E-state index in [1.165, 1.54) is 0 Å². The third kappa shape index (κ3) is 4.53. The first kappa shape index (κ1) is 20.3. The van der Waals surface area contributed by atoms with Crippen molar-refractivity contribution in [1.29, 1.82) is 0 Å². The first-order valence-corrected chi connectivity index (χ1v) is 11.1. The van der Waals surface area contributed by atoms with Crippen LogP contribution in [0.15, 0.2) is 53.1 Å². The van der Waals surface area contributed by atoms with Gasteiger partial charge in [0.25, 0.3) is 0 Å². The van der Waals surface area contributed by atoms with Crippen LogP contribution in [0.5, 0.6) is 0 Å². The van der Waals surface area contributed by atoms with Gasteiger partial charge in [0, 0.05) is 12.8 Å². The lowest BCUT2D eigenvalue weighted by molar-refractivity contribution is -0.181. The number of benzene rings is 1. The van der Waals surface area contributed by atoms with Crippen LogP contribution >= 0.6 is 0 Å². The van der Waals surface area contributed by atoms with Crippen LogP contribution in [0.2, 0.25) is 0 Å². The second-order valence-corrected chi connectivity index (χ2v) is 9.68. The SMILES string of the molecule is C=C=C(C)CC1CCC2OC(CCS(=O)(=O)c3ccccc3)CC2(CO)O1. The minimum absolute atomic E-state index is 0.0121. The molecule has 1 N–H and O–H groups in total. The predicted octanol–water partition coefficient (Wildman–Crippen LogP) is 3.04. The fourth-order valence-electron chi connectivity index (χ4n) is 4.07. The summed E-state index contributed by atoms with van der Waals surface area (Å²) < 4.78 is 37.4. The topological polar surface area (TPSA) is 72.8 Å². The van der Waals surface area contributed by atoms with E-state index in [9.17, 15) is 13.5 Å². The highest BCUT2D eigenvalue weighted by molar-refractivity contribution is 7.91. The normalized spacial score (nSPS) is 30.5. The molecule has 6 heteroatoms. The van der Waals surface area contributed by atoms with E-state index in [0.29, 0.717) is 17.7 Å². The molecule has 0 spiro atoms. The van der Waals surface area contributed by atoms with E-state index in [0.717, 1.165) is 24.8 Å². The molecule has 0 bridgehead atoms. The van der Waals surface area contributed by atoms with Gasteiger partial charge in [0.05, 0.1) is 35.6 Å². The quantitative estimate of drug-likeness (QED) is 0.722. The summed E-state index contributed by atoms with van der Waals surface area (Å²) in [6, 6.07) is 8.47. The van der Waals surface area contributed by atoms with E-state index in [1.807, 2.05) is 6.92 Å². The predicted molar refractivity (Wildman–Crippen MR) is 103 cm³/mol. The molecule has 5 nitrogen and oxygen atoms in total. The minimum atomic E-state index is -3.34. The Kier molecular flexibility index (Phi) is 6.24. The van der Waals surface area contributed by atoms with Gasteiger partial charge in [-0.25, -0.2) is 8.42 Å². The Morgan fingerprint density at radius 2 is 2.04 bits per heavy atom. The largest absolute Gasteiger partial charge is 0.393 e. The summed E-state index contributed by atoms with van der Waals surface area (Å²) >= 11 is 0. The highest BCUT2D eigenvalue weighted by Gasteiger charge is 2.52. The maximum Gasteiger partial charge on any atom is 0.178 e. The highest BCUT2D eigenvalue weighted by atomic mass is 32.2. The molecule has 148 valence electrons. The molecule has 1 aromatic rings. The van der Waals surface area contributed by atoms with E-state index in [-0.39, 0.29) is 30.7 Å². The third-order valence-corrected chi connectivity index (χ3v) is 7.35. The fourth-order valence-corrected chi connectivity index (χ4v) is 5.45. The summed E-state index contributed by atoms with van der Waals surface area (Å²) in [6.45, 7) is 5.52. The van der Waals surface area contributed by atoms with Crippen molar-refractivity contribution in [3.63, 3.8) is 0 Å². The number of hydrogen-bond donors (Lipinski definition) is 1. The van der Waals surface area contributed by atoms with Gasteiger partial charge in [0.2, 0.25) is 0 Å². The summed E-state index contributed by atoms with van der Waals surface area (Å²) in [4.78, 5) is 0.334. The van der Waals surface area contributed by atoms with Crippen molar-refractivity contribution in [2.45, 2.75) is 67.8 Å². The molecular formula is C21H28O5S. The minimum Gasteiger partial charge on any atom is -0.393 e. The average molecular weight is 393 g/mol. The maximum atomic E-state index is 12.5. The van der Waals surface area contributed by atoms with Crippen LogP contribution in [0.1, 0.15) is 39.0 Å². The summed E-state index contributed by atoms with van der Waals surface area (Å²) in [6.07, 6.45) is 2.91. The summed E-state index contributed by atoms with van der Waals surface area (Å²) in [7, 11) is -3.34. The van der Waals surface area contributed by atoms with Gasteiger partial charge in [-0.3, -0.25) is 0 Å². The molecular weight excluding hydrogens is 364 g/mol. The van der Waals surface area contributed by atoms with Crippen LogP contribution in [-0.4, -0.2) is 49.8 Å². The van der Waals surface area contributed by atoms with Gasteiger partial charge < -0.3 is 14.6 Å². The Balaban J connectivity index is 1.63. The van der Waals surface area contributed by atoms with E-state index in [4.69, 9.17) is 9.47 Å². The maximum absolute atomic E-state index is 12.5. The van der Waals surface area contributed by atoms with E-state index in [1.54, 1.807) is 30.3 Å². The van der Waals surface area contributed by atoms with Crippen LogP contribution in [0.3, 0.4) is 0 Å². The molecule has 2 aliphatic heterocycles. The van der Waals surface area contributed by atoms with Gasteiger partial charge in [0.15, 0.2) is 9.84 Å². The van der Waals surface area contributed by atoms with E-state index in [2.05, 4.69) is 12.3 Å². The van der Waals surface area contributed by atoms with Gasteiger partial charge >= 0.3 is 0 Å². The molecule has 0 saturated carbocycles. The average Bonchev–Trinajstić information content (AvgIpc) is 3.05. The molecule has 0 aliphatic carbocycles. The molecule has 2 fully saturated rings. The Hall–Kier alpha value is -1.43. The second-order valence-electron chi connectivity index (χ2n) is 7.57. The second kappa shape index (κ2) is 8.29. The first-order chi connectivity index (χ1) is 12.9. The molecule has 27 heavy (non-hydrogen) atoms. The Morgan fingerprint density at radius 3 is 2.70 bits per heavy atom. The van der Waals surface area contributed by atoms with E-state index < -0.39 is 15.4 Å². The van der Waals surface area contributed by atoms with Crippen molar-refractivity contribution in [1.82, 2.24) is 0 Å². The summed E-state index contributed by atoms with van der Waals surface area (Å²) in [5, 5.41) is 10.0. The van der Waals surface area contributed by atoms with Gasteiger partial charge in [-0.2, -0.15) is 0 Å². The van der Waals surface area contributed by atoms with Crippen molar-refractivity contribution in [3.8, 4) is 0 Å². The molecule has 0 radical (unpaired) electrons. The van der Waals surface area contributed by atoms with Crippen LogP contribution in [0, 0.1) is 0 Å². The lowest BCUT2D eigenvalue weighted by atomic mass is 9.86. The van der Waals surface area contributed by atoms with Gasteiger partial charge in [0.1, 0.15) is 5.60 Å². The summed E-state index contributed by atoms with van der Waals surface area (Å²) in [5.41, 5.74) is 3.20. The van der Waals surface area contributed by atoms with Crippen molar-refractivity contribution >= 4 is 9.84 Å². The lowest BCUT2D eigenvalue weighted by Crippen LogP contribution is -2.51. The Bertz CT molecular complexity index is 797.